The summed E-state index contributed by atoms with van der Waals surface area (Å²) in [6.07, 6.45) is 3.51. The van der Waals surface area contributed by atoms with Crippen LogP contribution < -0.4 is 0 Å². The molecule has 1 aliphatic carbocycles. The molecule has 0 bridgehead atoms. The number of benzene rings is 5. The third-order valence-electron chi connectivity index (χ3n) is 13.8. The van der Waals surface area contributed by atoms with E-state index < -0.39 is 37.3 Å². The zero-order valence-corrected chi connectivity index (χ0v) is 42.4. The van der Waals surface area contributed by atoms with E-state index in [-0.39, 0.29) is 70.6 Å². The van der Waals surface area contributed by atoms with Gasteiger partial charge in [-0.05, 0) is 136 Å². The first-order chi connectivity index (χ1) is 37.9. The van der Waals surface area contributed by atoms with Gasteiger partial charge in [0.15, 0.2) is 0 Å². The van der Waals surface area contributed by atoms with E-state index in [2.05, 4.69) is 81.2 Å². The van der Waals surface area contributed by atoms with E-state index in [0.717, 1.165) is 64.0 Å². The van der Waals surface area contributed by atoms with Crippen molar-refractivity contribution in [2.75, 3.05) is 0 Å². The van der Waals surface area contributed by atoms with Crippen LogP contribution in [0.2, 0.25) is 0 Å². The molecule has 1 aliphatic rings. The molecule has 10 aromatic rings. The first-order valence-electron chi connectivity index (χ1n) is 28.8. The molecule has 0 radical (unpaired) electrons. The number of furan rings is 1. The maximum Gasteiger partial charge on any atom is 3.00 e. The van der Waals surface area contributed by atoms with E-state index in [1.54, 1.807) is 54.6 Å². The average molecular weight is 1110 g/mol. The molecule has 11 rings (SSSR count). The van der Waals surface area contributed by atoms with Crippen molar-refractivity contribution in [2.45, 2.75) is 97.1 Å². The van der Waals surface area contributed by atoms with Crippen molar-refractivity contribution in [2.24, 2.45) is 0 Å². The topological polar surface area (TPSA) is 64.7 Å². The molecular formula is C65H57IrN4O. The van der Waals surface area contributed by atoms with Crippen LogP contribution in [0.3, 0.4) is 0 Å². The molecule has 0 saturated carbocycles. The van der Waals surface area contributed by atoms with Crippen LogP contribution in [0.4, 0.5) is 0 Å². The van der Waals surface area contributed by atoms with Gasteiger partial charge in [0.25, 0.3) is 0 Å². The van der Waals surface area contributed by atoms with Gasteiger partial charge in [0.2, 0.25) is 5.71 Å². The summed E-state index contributed by atoms with van der Waals surface area (Å²) in [5, 5.41) is 1.16. The standard InChI is InChI=1S/C65H57N4O.Ir/c1-42-15-10-11-20-52(42)58-36-61(57-24-14-23-55-56-30-25-43(2)69-63(56)70-62(55)57)66-39-49(58)27-26-44-33-45(37-64(3,4)50-28-31-59(67-40-50)48-16-8-7-9-17-48)35-46(34-44)38-65(5,6)51-29-32-60(68-41-51)54-22-13-19-47-18-12-21-53(47)54;/h7-11,13-16,19-20,23,25,28-36,39-41H,12,18,21,26-27,37-38H2,1-6H3;/q-3;+3/i1D3,2D3,26D2,27D2;. The molecule has 0 aliphatic heterocycles. The van der Waals surface area contributed by atoms with Crippen molar-refractivity contribution in [3.63, 3.8) is 0 Å². The van der Waals surface area contributed by atoms with Crippen LogP contribution >= 0.6 is 0 Å². The molecule has 0 unspecified atom stereocenters. The third-order valence-corrected chi connectivity index (χ3v) is 13.8. The summed E-state index contributed by atoms with van der Waals surface area (Å²) in [6, 6.07) is 49.8. The number of rotatable bonds is 13. The van der Waals surface area contributed by atoms with E-state index in [4.69, 9.17) is 27.6 Å². The summed E-state index contributed by atoms with van der Waals surface area (Å²) in [5.41, 5.74) is 9.65. The Bertz CT molecular complexity index is 3970. The predicted molar refractivity (Wildman–Crippen MR) is 285 cm³/mol. The maximum atomic E-state index is 10.1. The molecule has 0 fully saturated rings. The van der Waals surface area contributed by atoms with E-state index in [0.29, 0.717) is 29.2 Å². The first kappa shape index (κ1) is 37.0. The van der Waals surface area contributed by atoms with Crippen LogP contribution in [0, 0.1) is 31.9 Å². The predicted octanol–water partition coefficient (Wildman–Crippen LogP) is 15.2. The molecule has 0 spiro atoms. The summed E-state index contributed by atoms with van der Waals surface area (Å²) >= 11 is 0. The fourth-order valence-electron chi connectivity index (χ4n) is 10.1. The molecule has 71 heavy (non-hydrogen) atoms. The monoisotopic (exact) mass is 1110 g/mol. The van der Waals surface area contributed by atoms with Crippen LogP contribution in [0.15, 0.2) is 156 Å². The van der Waals surface area contributed by atoms with Crippen molar-refractivity contribution in [3.8, 4) is 44.9 Å². The number of fused-ring (bicyclic) bond motifs is 4. The van der Waals surface area contributed by atoms with Gasteiger partial charge < -0.3 is 19.4 Å². The number of hydrogen-bond acceptors (Lipinski definition) is 5. The number of aryl methyl sites for hydroxylation is 5. The van der Waals surface area contributed by atoms with Crippen LogP contribution in [-0.2, 0) is 69.4 Å². The molecule has 5 aromatic carbocycles. The second-order valence-electron chi connectivity index (χ2n) is 19.7. The van der Waals surface area contributed by atoms with Crippen LogP contribution in [-0.4, -0.2) is 19.9 Å². The first-order valence-corrected chi connectivity index (χ1v) is 23.8. The second kappa shape index (κ2) is 19.7. The molecule has 6 heteroatoms. The zero-order valence-electron chi connectivity index (χ0n) is 50.0. The largest absolute Gasteiger partial charge is 3.00 e. The normalized spacial score (nSPS) is 15.4. The minimum Gasteiger partial charge on any atom is -0.486 e. The summed E-state index contributed by atoms with van der Waals surface area (Å²) in [5.74, 6) is 0. The molecule has 0 atom stereocenters. The summed E-state index contributed by atoms with van der Waals surface area (Å²) in [7, 11) is 0. The zero-order chi connectivity index (χ0) is 56.6. The SMILES string of the molecule is [2H]C([2H])([2H])c1ccc2c(n1)oc1c(-c3cc(-c4ccccc4C([2H])([2H])[2H])c(C([2H])([2H])C([2H])([2H])c4cc(CC(C)(C)c5ccc(-c6[c-]cccc6)nc5)cc(CC(C)(C)c5ccc(-c6[c-]ccc7c6CCC7)nc5)c4)cn3)[c-]ccc12.[Ir+3]. The molecule has 0 amide bonds. The Morgan fingerprint density at radius 1 is 0.606 bits per heavy atom. The molecule has 0 saturated heterocycles. The van der Waals surface area contributed by atoms with Crippen molar-refractivity contribution < 1.29 is 38.2 Å². The van der Waals surface area contributed by atoms with E-state index >= 15 is 0 Å². The molecule has 0 N–H and O–H groups in total. The van der Waals surface area contributed by atoms with Crippen LogP contribution in [0.1, 0.15) is 104 Å². The van der Waals surface area contributed by atoms with E-state index in [1.807, 2.05) is 48.8 Å². The average Bonchev–Trinajstić information content (AvgIpc) is 4.13. The smallest absolute Gasteiger partial charge is 0.486 e. The molecule has 352 valence electrons. The molecule has 5 aromatic heterocycles. The number of pyridine rings is 4. The van der Waals surface area contributed by atoms with Gasteiger partial charge in [0.05, 0.1) is 5.58 Å². The maximum absolute atomic E-state index is 10.1. The summed E-state index contributed by atoms with van der Waals surface area (Å²) < 4.78 is 96.2. The third kappa shape index (κ3) is 9.81. The van der Waals surface area contributed by atoms with Gasteiger partial charge >= 0.3 is 20.1 Å². The quantitative estimate of drug-likeness (QED) is 0.108. The van der Waals surface area contributed by atoms with Crippen molar-refractivity contribution >= 4 is 22.1 Å². The van der Waals surface area contributed by atoms with Gasteiger partial charge in [-0.25, -0.2) is 4.98 Å². The van der Waals surface area contributed by atoms with Crippen molar-refractivity contribution in [1.29, 1.82) is 0 Å². The Balaban J connectivity index is 0.00000736. The van der Waals surface area contributed by atoms with Gasteiger partial charge in [0.1, 0.15) is 0 Å². The van der Waals surface area contributed by atoms with E-state index in [9.17, 15) is 5.48 Å². The molecular weight excluding hydrogens is 1040 g/mol. The molecule has 5 heterocycles. The van der Waals surface area contributed by atoms with Crippen LogP contribution in [0.25, 0.3) is 67.0 Å². The Kier molecular flexibility index (Phi) is 10.3. The number of aromatic nitrogens is 4. The summed E-state index contributed by atoms with van der Waals surface area (Å²) in [4.78, 5) is 18.9. The Hall–Kier alpha value is -6.85. The van der Waals surface area contributed by atoms with Gasteiger partial charge in [-0.1, -0.05) is 124 Å². The second-order valence-corrected chi connectivity index (χ2v) is 19.7. The molecule has 5 nitrogen and oxygen atoms in total. The fourth-order valence-corrected chi connectivity index (χ4v) is 10.1. The Labute approximate surface area is 446 Å². The van der Waals surface area contributed by atoms with E-state index in [1.165, 1.54) is 29.5 Å². The Morgan fingerprint density at radius 3 is 2.06 bits per heavy atom. The van der Waals surface area contributed by atoms with Gasteiger partial charge in [-0.15, -0.1) is 89.0 Å². The minimum absolute atomic E-state index is 0. The Morgan fingerprint density at radius 2 is 1.32 bits per heavy atom. The van der Waals surface area contributed by atoms with Crippen molar-refractivity contribution in [3.05, 3.63) is 226 Å². The minimum atomic E-state index is -2.86. The van der Waals surface area contributed by atoms with Crippen LogP contribution in [0.5, 0.6) is 0 Å². The van der Waals surface area contributed by atoms with Gasteiger partial charge in [0, 0.05) is 43.4 Å². The van der Waals surface area contributed by atoms with Gasteiger partial charge in [-0.2, -0.15) is 0 Å². The van der Waals surface area contributed by atoms with Gasteiger partial charge in [-0.3, -0.25) is 0 Å². The van der Waals surface area contributed by atoms with Crippen molar-refractivity contribution in [1.82, 2.24) is 19.9 Å². The number of hydrogen-bond donors (Lipinski definition) is 0. The fraction of sp³-hybridized carbons (Fsp3) is 0.231. The number of nitrogens with zero attached hydrogens (tertiary/aromatic N) is 4. The summed E-state index contributed by atoms with van der Waals surface area (Å²) in [6.45, 7) is 3.37.